The molecule has 0 fully saturated rings. The largest absolute Gasteiger partial charge is 0.476 e. The standard InChI is InChI=1S/C29H30F2N6O5/c1-15-23(36-13-19(20(30)10-24(36)35-15)18-11-33-28(34-12-18)29(3,4)40)14-37-22-9-17(26(38)32-6-7-41-5)8-21(31)25(22)42-16(2)27(37)39/h8-13,16,40H,6-7,14H2,1-5H3,(H,32,38). The molecule has 13 heteroatoms. The average molecular weight is 581 g/mol. The Morgan fingerprint density at radius 2 is 1.90 bits per heavy atom. The number of carbonyl (C=O) groups excluding carboxylic acids is 2. The maximum Gasteiger partial charge on any atom is 0.268 e. The summed E-state index contributed by atoms with van der Waals surface area (Å²) < 4.78 is 42.6. The number of nitrogens with zero attached hydrogens (tertiary/aromatic N) is 5. The van der Waals surface area contributed by atoms with Crippen molar-refractivity contribution in [1.29, 1.82) is 0 Å². The lowest BCUT2D eigenvalue weighted by atomic mass is 10.1. The van der Waals surface area contributed by atoms with Crippen molar-refractivity contribution in [2.45, 2.75) is 45.9 Å². The number of nitrogens with one attached hydrogen (secondary N) is 1. The molecule has 1 aromatic carbocycles. The molecule has 0 aliphatic carbocycles. The Bertz CT molecular complexity index is 1680. The number of methoxy groups -OCH3 is 1. The van der Waals surface area contributed by atoms with Crippen LogP contribution >= 0.6 is 0 Å². The number of hydrogen-bond donors (Lipinski definition) is 2. The molecule has 0 bridgehead atoms. The predicted octanol–water partition coefficient (Wildman–Crippen LogP) is 3.30. The van der Waals surface area contributed by atoms with Crippen LogP contribution in [0.4, 0.5) is 14.5 Å². The van der Waals surface area contributed by atoms with Crippen molar-refractivity contribution in [3.63, 3.8) is 0 Å². The molecule has 0 radical (unpaired) electrons. The Kier molecular flexibility index (Phi) is 7.64. The number of aryl methyl sites for hydroxylation is 1. The van der Waals surface area contributed by atoms with Gasteiger partial charge in [-0.25, -0.2) is 23.7 Å². The van der Waals surface area contributed by atoms with Crippen molar-refractivity contribution >= 4 is 23.1 Å². The molecular weight excluding hydrogens is 550 g/mol. The lowest BCUT2D eigenvalue weighted by molar-refractivity contribution is -0.125. The lowest BCUT2D eigenvalue weighted by Crippen LogP contribution is -2.44. The zero-order chi connectivity index (χ0) is 30.3. The quantitative estimate of drug-likeness (QED) is 0.304. The highest BCUT2D eigenvalue weighted by Crippen LogP contribution is 2.39. The minimum absolute atomic E-state index is 0.00651. The summed E-state index contributed by atoms with van der Waals surface area (Å²) >= 11 is 0. The summed E-state index contributed by atoms with van der Waals surface area (Å²) in [6, 6.07) is 3.71. The molecule has 5 rings (SSSR count). The fourth-order valence-electron chi connectivity index (χ4n) is 4.69. The molecule has 0 saturated heterocycles. The van der Waals surface area contributed by atoms with Crippen molar-refractivity contribution in [3.05, 3.63) is 71.2 Å². The van der Waals surface area contributed by atoms with E-state index in [1.807, 2.05) is 0 Å². The van der Waals surface area contributed by atoms with Crippen LogP contribution in [-0.2, 0) is 21.7 Å². The van der Waals surface area contributed by atoms with Crippen molar-refractivity contribution < 1.29 is 33.0 Å². The molecule has 1 aliphatic heterocycles. The first kappa shape index (κ1) is 29.0. The Balaban J connectivity index is 1.56. The second kappa shape index (κ2) is 11.1. The third-order valence-electron chi connectivity index (χ3n) is 6.90. The van der Waals surface area contributed by atoms with Crippen LogP contribution in [0.2, 0.25) is 0 Å². The van der Waals surface area contributed by atoms with E-state index in [4.69, 9.17) is 9.47 Å². The summed E-state index contributed by atoms with van der Waals surface area (Å²) in [7, 11) is 1.49. The van der Waals surface area contributed by atoms with E-state index >= 15 is 8.78 Å². The number of imidazole rings is 1. The number of pyridine rings is 1. The highest BCUT2D eigenvalue weighted by Gasteiger charge is 2.35. The van der Waals surface area contributed by atoms with Crippen LogP contribution in [0.5, 0.6) is 5.75 Å². The van der Waals surface area contributed by atoms with E-state index in [1.54, 1.807) is 25.2 Å². The molecule has 1 atom stereocenters. The molecule has 2 N–H and O–H groups in total. The number of rotatable bonds is 8. The van der Waals surface area contributed by atoms with E-state index in [2.05, 4.69) is 20.3 Å². The van der Waals surface area contributed by atoms with Gasteiger partial charge in [0, 0.05) is 55.0 Å². The smallest absolute Gasteiger partial charge is 0.268 e. The fourth-order valence-corrected chi connectivity index (χ4v) is 4.69. The van der Waals surface area contributed by atoms with Gasteiger partial charge in [0.05, 0.1) is 30.2 Å². The van der Waals surface area contributed by atoms with Gasteiger partial charge < -0.3 is 24.3 Å². The van der Waals surface area contributed by atoms with E-state index in [-0.39, 0.29) is 48.1 Å². The van der Waals surface area contributed by atoms with Crippen LogP contribution < -0.4 is 15.0 Å². The topological polar surface area (TPSA) is 131 Å². The number of halogens is 2. The molecule has 1 unspecified atom stereocenters. The summed E-state index contributed by atoms with van der Waals surface area (Å²) in [5.74, 6) is -2.31. The van der Waals surface area contributed by atoms with Gasteiger partial charge in [-0.15, -0.1) is 0 Å². The maximum atomic E-state index is 15.2. The van der Waals surface area contributed by atoms with Crippen LogP contribution in [0.15, 0.2) is 36.8 Å². The molecule has 2 amide bonds. The first-order valence-corrected chi connectivity index (χ1v) is 13.2. The van der Waals surface area contributed by atoms with Gasteiger partial charge in [-0.1, -0.05) is 0 Å². The molecule has 0 spiro atoms. The molecule has 4 aromatic rings. The second-order valence-electron chi connectivity index (χ2n) is 10.5. The summed E-state index contributed by atoms with van der Waals surface area (Å²) in [6.45, 7) is 6.74. The minimum Gasteiger partial charge on any atom is -0.476 e. The Hall–Kier alpha value is -4.49. The van der Waals surface area contributed by atoms with Gasteiger partial charge in [0.1, 0.15) is 17.1 Å². The lowest BCUT2D eigenvalue weighted by Gasteiger charge is -2.33. The Morgan fingerprint density at radius 3 is 2.57 bits per heavy atom. The van der Waals surface area contributed by atoms with E-state index in [1.165, 1.54) is 49.7 Å². The predicted molar refractivity (Wildman–Crippen MR) is 148 cm³/mol. The van der Waals surface area contributed by atoms with E-state index in [0.29, 0.717) is 22.6 Å². The molecule has 0 saturated carbocycles. The molecule has 11 nitrogen and oxygen atoms in total. The third kappa shape index (κ3) is 5.40. The highest BCUT2D eigenvalue weighted by molar-refractivity contribution is 6.02. The SMILES string of the molecule is COCCNC(=O)c1cc(F)c2c(c1)N(Cc1c(C)nc3cc(F)c(-c4cnc(C(C)(C)O)nc4)cn13)C(=O)C(C)O2. The summed E-state index contributed by atoms with van der Waals surface area (Å²) in [5, 5.41) is 12.8. The first-order chi connectivity index (χ1) is 19.9. The molecule has 3 aromatic heterocycles. The van der Waals surface area contributed by atoms with Crippen molar-refractivity contribution in [2.24, 2.45) is 0 Å². The highest BCUT2D eigenvalue weighted by atomic mass is 19.1. The summed E-state index contributed by atoms with van der Waals surface area (Å²) in [4.78, 5) is 40.2. The van der Waals surface area contributed by atoms with Gasteiger partial charge in [-0.3, -0.25) is 14.5 Å². The maximum absolute atomic E-state index is 15.2. The fraction of sp³-hybridized carbons (Fsp3) is 0.345. The van der Waals surface area contributed by atoms with E-state index in [0.717, 1.165) is 6.07 Å². The van der Waals surface area contributed by atoms with Crippen molar-refractivity contribution in [1.82, 2.24) is 24.7 Å². The Morgan fingerprint density at radius 1 is 1.19 bits per heavy atom. The summed E-state index contributed by atoms with van der Waals surface area (Å²) in [6.07, 6.45) is 3.36. The molecular formula is C29H30F2N6O5. The van der Waals surface area contributed by atoms with Crippen LogP contribution in [0.25, 0.3) is 16.8 Å². The van der Waals surface area contributed by atoms with Crippen LogP contribution in [0.3, 0.4) is 0 Å². The first-order valence-electron chi connectivity index (χ1n) is 13.2. The Labute approximate surface area is 240 Å². The number of aliphatic hydroxyl groups is 1. The van der Waals surface area contributed by atoms with Gasteiger partial charge in [0.15, 0.2) is 23.5 Å². The van der Waals surface area contributed by atoms with Gasteiger partial charge >= 0.3 is 0 Å². The third-order valence-corrected chi connectivity index (χ3v) is 6.90. The van der Waals surface area contributed by atoms with Gasteiger partial charge in [0.25, 0.3) is 11.8 Å². The number of fused-ring (bicyclic) bond motifs is 2. The van der Waals surface area contributed by atoms with E-state index in [9.17, 15) is 14.7 Å². The average Bonchev–Trinajstić information content (AvgIpc) is 3.24. The monoisotopic (exact) mass is 580 g/mol. The van der Waals surface area contributed by atoms with Gasteiger partial charge in [-0.05, 0) is 39.8 Å². The number of carbonyl (C=O) groups is 2. The van der Waals surface area contributed by atoms with Crippen LogP contribution in [0.1, 0.15) is 48.3 Å². The number of ether oxygens (including phenoxy) is 2. The number of aromatic nitrogens is 4. The normalized spacial score (nSPS) is 15.1. The van der Waals surface area contributed by atoms with Crippen molar-refractivity contribution in [2.75, 3.05) is 25.2 Å². The molecule has 1 aliphatic rings. The second-order valence-corrected chi connectivity index (χ2v) is 10.5. The molecule has 42 heavy (non-hydrogen) atoms. The number of amides is 2. The number of benzene rings is 1. The van der Waals surface area contributed by atoms with Crippen molar-refractivity contribution in [3.8, 4) is 16.9 Å². The van der Waals surface area contributed by atoms with Gasteiger partial charge in [-0.2, -0.15) is 0 Å². The van der Waals surface area contributed by atoms with E-state index < -0.39 is 35.2 Å². The van der Waals surface area contributed by atoms with Crippen LogP contribution in [-0.4, -0.2) is 62.6 Å². The number of hydrogen-bond acceptors (Lipinski definition) is 8. The summed E-state index contributed by atoms with van der Waals surface area (Å²) in [5.41, 5.74) is 0.710. The number of anilines is 1. The molecule has 220 valence electrons. The zero-order valence-electron chi connectivity index (χ0n) is 23.7. The van der Waals surface area contributed by atoms with Gasteiger partial charge in [0.2, 0.25) is 0 Å². The minimum atomic E-state index is -1.27. The zero-order valence-corrected chi connectivity index (χ0v) is 23.7. The molecule has 4 heterocycles. The van der Waals surface area contributed by atoms with Crippen LogP contribution in [0, 0.1) is 18.6 Å².